The molecule has 0 bridgehead atoms. The van der Waals surface area contributed by atoms with Crippen LogP contribution in [-0.4, -0.2) is 17.7 Å². The predicted molar refractivity (Wildman–Crippen MR) is 123 cm³/mol. The van der Waals surface area contributed by atoms with Gasteiger partial charge < -0.3 is 14.6 Å². The Kier molecular flexibility index (Phi) is 7.63. The Morgan fingerprint density at radius 3 is 2.34 bits per heavy atom. The van der Waals surface area contributed by atoms with Gasteiger partial charge in [-0.05, 0) is 82.0 Å². The number of carboxylic acid groups (broad SMARTS) is 1. The molecule has 0 spiro atoms. The molecule has 32 heavy (non-hydrogen) atoms. The summed E-state index contributed by atoms with van der Waals surface area (Å²) in [5.41, 5.74) is 2.63. The van der Waals surface area contributed by atoms with Gasteiger partial charge in [0.25, 0.3) is 0 Å². The van der Waals surface area contributed by atoms with Gasteiger partial charge in [0.1, 0.15) is 12.4 Å². The number of nitrogens with zero attached hydrogens (tertiary/aromatic N) is 1. The van der Waals surface area contributed by atoms with E-state index in [9.17, 15) is 14.4 Å². The number of halogens is 2. The van der Waals surface area contributed by atoms with Crippen molar-refractivity contribution in [3.05, 3.63) is 93.2 Å². The number of nitriles is 1. The number of carbonyl (C=O) groups is 1. The van der Waals surface area contributed by atoms with Crippen molar-refractivity contribution in [3.63, 3.8) is 0 Å². The Hall–Kier alpha value is -3.63. The number of hydrogen-bond donors (Lipinski definition) is 1. The van der Waals surface area contributed by atoms with Crippen LogP contribution in [0.5, 0.6) is 11.5 Å². The van der Waals surface area contributed by atoms with Gasteiger partial charge in [0, 0.05) is 0 Å². The minimum absolute atomic E-state index is 0.148. The third-order valence-corrected chi connectivity index (χ3v) is 5.09. The molecule has 0 fully saturated rings. The molecule has 3 aromatic rings. The molecular weight excluding hydrogens is 477 g/mol. The van der Waals surface area contributed by atoms with Gasteiger partial charge in [-0.1, -0.05) is 24.3 Å². The smallest absolute Gasteiger partial charge is 0.335 e. The molecule has 0 aromatic heterocycles. The number of allylic oxidation sites excluding steroid dienone is 1. The molecule has 5 nitrogen and oxygen atoms in total. The van der Waals surface area contributed by atoms with Crippen LogP contribution in [0.3, 0.4) is 0 Å². The molecule has 3 rings (SSSR count). The molecule has 3 aromatic carbocycles. The maximum Gasteiger partial charge on any atom is 0.335 e. The van der Waals surface area contributed by atoms with Crippen LogP contribution in [0, 0.1) is 17.1 Å². The highest BCUT2D eigenvalue weighted by atomic mass is 79.9. The average Bonchev–Trinajstić information content (AvgIpc) is 2.78. The van der Waals surface area contributed by atoms with Crippen molar-refractivity contribution < 1.29 is 23.8 Å². The Balaban J connectivity index is 1.90. The summed E-state index contributed by atoms with van der Waals surface area (Å²) < 4.78 is 25.4. The van der Waals surface area contributed by atoms with Crippen LogP contribution >= 0.6 is 15.9 Å². The van der Waals surface area contributed by atoms with Crippen molar-refractivity contribution in [3.8, 4) is 17.6 Å². The summed E-state index contributed by atoms with van der Waals surface area (Å²) in [6.45, 7) is 2.49. The number of carboxylic acids is 1. The molecule has 0 aliphatic rings. The minimum atomic E-state index is -1.03. The summed E-state index contributed by atoms with van der Waals surface area (Å²) in [6, 6.07) is 17.8. The monoisotopic (exact) mass is 495 g/mol. The van der Waals surface area contributed by atoms with E-state index in [0.717, 1.165) is 5.56 Å². The van der Waals surface area contributed by atoms with Crippen LogP contribution in [0.2, 0.25) is 0 Å². The summed E-state index contributed by atoms with van der Waals surface area (Å²) in [4.78, 5) is 11.0. The maximum absolute atomic E-state index is 13.1. The van der Waals surface area contributed by atoms with Gasteiger partial charge in [0.15, 0.2) is 11.5 Å². The Morgan fingerprint density at radius 1 is 1.09 bits per heavy atom. The van der Waals surface area contributed by atoms with Crippen molar-refractivity contribution >= 4 is 33.5 Å². The minimum Gasteiger partial charge on any atom is -0.490 e. The molecule has 0 atom stereocenters. The fourth-order valence-electron chi connectivity index (χ4n) is 2.95. The molecule has 0 saturated heterocycles. The van der Waals surface area contributed by atoms with Crippen LogP contribution in [0.25, 0.3) is 11.6 Å². The van der Waals surface area contributed by atoms with Crippen LogP contribution < -0.4 is 9.47 Å². The molecular formula is C25H19BrFNO4. The van der Waals surface area contributed by atoms with E-state index in [1.54, 1.807) is 42.5 Å². The first kappa shape index (κ1) is 23.0. The zero-order valence-corrected chi connectivity index (χ0v) is 18.7. The van der Waals surface area contributed by atoms with Gasteiger partial charge in [-0.2, -0.15) is 5.26 Å². The summed E-state index contributed by atoms with van der Waals surface area (Å²) in [5, 5.41) is 18.7. The highest BCUT2D eigenvalue weighted by molar-refractivity contribution is 9.10. The lowest BCUT2D eigenvalue weighted by Crippen LogP contribution is -2.01. The normalized spacial score (nSPS) is 11.0. The van der Waals surface area contributed by atoms with E-state index >= 15 is 0 Å². The Labute approximate surface area is 193 Å². The number of rotatable bonds is 8. The fraction of sp³-hybridized carbons (Fsp3) is 0.120. The Bertz CT molecular complexity index is 1180. The molecule has 0 radical (unpaired) electrons. The summed E-state index contributed by atoms with van der Waals surface area (Å²) in [6.07, 6.45) is 1.69. The van der Waals surface area contributed by atoms with Crippen LogP contribution in [-0.2, 0) is 6.61 Å². The predicted octanol–water partition coefficient (Wildman–Crippen LogP) is 6.33. The third kappa shape index (κ3) is 5.74. The van der Waals surface area contributed by atoms with Gasteiger partial charge >= 0.3 is 5.97 Å². The lowest BCUT2D eigenvalue weighted by molar-refractivity contribution is 0.0697. The SMILES string of the molecule is CCOc1cc(C=C(C#N)c2ccc(C(=O)O)cc2)cc(Br)c1OCc1ccc(F)cc1. The van der Waals surface area contributed by atoms with Gasteiger partial charge in [0.05, 0.1) is 28.3 Å². The molecule has 7 heteroatoms. The van der Waals surface area contributed by atoms with E-state index in [-0.39, 0.29) is 18.0 Å². The van der Waals surface area contributed by atoms with E-state index in [1.165, 1.54) is 24.3 Å². The van der Waals surface area contributed by atoms with Crippen molar-refractivity contribution in [2.45, 2.75) is 13.5 Å². The number of benzene rings is 3. The number of ether oxygens (including phenoxy) is 2. The first-order valence-corrected chi connectivity index (χ1v) is 10.5. The lowest BCUT2D eigenvalue weighted by atomic mass is 10.0. The molecule has 0 aliphatic carbocycles. The quantitative estimate of drug-likeness (QED) is 0.291. The van der Waals surface area contributed by atoms with E-state index in [0.29, 0.717) is 39.3 Å². The third-order valence-electron chi connectivity index (χ3n) is 4.50. The lowest BCUT2D eigenvalue weighted by Gasteiger charge is -2.15. The van der Waals surface area contributed by atoms with Crippen LogP contribution in [0.15, 0.2) is 65.1 Å². The molecule has 0 heterocycles. The fourth-order valence-corrected chi connectivity index (χ4v) is 3.52. The molecule has 0 aliphatic heterocycles. The summed E-state index contributed by atoms with van der Waals surface area (Å²) in [5.74, 6) is -0.348. The maximum atomic E-state index is 13.1. The first-order chi connectivity index (χ1) is 15.4. The highest BCUT2D eigenvalue weighted by Gasteiger charge is 2.13. The topological polar surface area (TPSA) is 79.5 Å². The highest BCUT2D eigenvalue weighted by Crippen LogP contribution is 2.38. The van der Waals surface area contributed by atoms with Crippen molar-refractivity contribution in [1.82, 2.24) is 0 Å². The second-order valence-corrected chi connectivity index (χ2v) is 7.58. The molecule has 0 unspecified atom stereocenters. The molecule has 0 amide bonds. The average molecular weight is 496 g/mol. The zero-order valence-electron chi connectivity index (χ0n) is 17.1. The summed E-state index contributed by atoms with van der Waals surface area (Å²) in [7, 11) is 0. The van der Waals surface area contributed by atoms with Gasteiger partial charge in [-0.3, -0.25) is 0 Å². The largest absolute Gasteiger partial charge is 0.490 e. The van der Waals surface area contributed by atoms with Crippen molar-refractivity contribution in [2.24, 2.45) is 0 Å². The van der Waals surface area contributed by atoms with E-state index in [4.69, 9.17) is 14.6 Å². The summed E-state index contributed by atoms with van der Waals surface area (Å²) >= 11 is 3.50. The van der Waals surface area contributed by atoms with Crippen LogP contribution in [0.4, 0.5) is 4.39 Å². The first-order valence-electron chi connectivity index (χ1n) is 9.70. The number of hydrogen-bond acceptors (Lipinski definition) is 4. The molecule has 1 N–H and O–H groups in total. The molecule has 0 saturated carbocycles. The molecule has 162 valence electrons. The van der Waals surface area contributed by atoms with E-state index in [2.05, 4.69) is 22.0 Å². The second kappa shape index (κ2) is 10.6. The van der Waals surface area contributed by atoms with Gasteiger partial charge in [-0.25, -0.2) is 9.18 Å². The van der Waals surface area contributed by atoms with E-state index < -0.39 is 5.97 Å². The van der Waals surface area contributed by atoms with Crippen molar-refractivity contribution in [1.29, 1.82) is 5.26 Å². The van der Waals surface area contributed by atoms with Crippen molar-refractivity contribution in [2.75, 3.05) is 6.61 Å². The Morgan fingerprint density at radius 2 is 1.75 bits per heavy atom. The standard InChI is InChI=1S/C25H19BrFNO4/c1-2-31-23-13-17(11-20(14-28)18-5-7-19(8-6-18)25(29)30)12-22(26)24(23)32-15-16-3-9-21(27)10-4-16/h3-13H,2,15H2,1H3,(H,29,30). The zero-order chi connectivity index (χ0) is 23.1. The number of aromatic carboxylic acids is 1. The van der Waals surface area contributed by atoms with Gasteiger partial charge in [-0.15, -0.1) is 0 Å². The van der Waals surface area contributed by atoms with E-state index in [1.807, 2.05) is 6.92 Å². The van der Waals surface area contributed by atoms with Gasteiger partial charge in [0.2, 0.25) is 0 Å². The second-order valence-electron chi connectivity index (χ2n) is 6.73. The van der Waals surface area contributed by atoms with Crippen LogP contribution in [0.1, 0.15) is 34.0 Å².